The monoisotopic (exact) mass is 322 g/mol. The van der Waals surface area contributed by atoms with Crippen LogP contribution in [0.1, 0.15) is 64.2 Å². The van der Waals surface area contributed by atoms with Crippen LogP contribution >= 0.6 is 0 Å². The Morgan fingerprint density at radius 2 is 1.96 bits per heavy atom. The van der Waals surface area contributed by atoms with Crippen molar-refractivity contribution in [2.45, 2.75) is 70.3 Å². The molecule has 3 fully saturated rings. The maximum Gasteiger partial charge on any atom is 0.224 e. The van der Waals surface area contributed by atoms with Crippen LogP contribution in [0.5, 0.6) is 0 Å². The number of rotatable bonds is 3. The van der Waals surface area contributed by atoms with Crippen molar-refractivity contribution in [3.63, 3.8) is 0 Å². The lowest BCUT2D eigenvalue weighted by molar-refractivity contribution is -0.138. The number of piperidine rings is 1. The third-order valence-corrected chi connectivity index (χ3v) is 6.09. The topological polar surface area (TPSA) is 60.9 Å². The van der Waals surface area contributed by atoms with Crippen molar-refractivity contribution in [2.75, 3.05) is 26.2 Å². The van der Waals surface area contributed by atoms with Crippen molar-refractivity contribution in [1.82, 2.24) is 9.80 Å². The van der Waals surface area contributed by atoms with Crippen LogP contribution in [0.3, 0.4) is 0 Å². The number of amides is 2. The molecule has 1 spiro atoms. The van der Waals surface area contributed by atoms with Crippen LogP contribution in [0.4, 0.5) is 0 Å². The quantitative estimate of drug-likeness (QED) is 0.864. The number of hydrogen-bond donors (Lipinski definition) is 1. The van der Waals surface area contributed by atoms with Gasteiger partial charge in [-0.15, -0.1) is 0 Å². The summed E-state index contributed by atoms with van der Waals surface area (Å²) in [7, 11) is 0. The molecule has 5 nitrogen and oxygen atoms in total. The second kappa shape index (κ2) is 7.20. The van der Waals surface area contributed by atoms with Gasteiger partial charge >= 0.3 is 0 Å². The van der Waals surface area contributed by atoms with Gasteiger partial charge < -0.3 is 14.9 Å². The largest absolute Gasteiger partial charge is 0.392 e. The number of carbonyl (C=O) groups is 2. The Morgan fingerprint density at radius 1 is 1.13 bits per heavy atom. The highest BCUT2D eigenvalue weighted by atomic mass is 16.3. The summed E-state index contributed by atoms with van der Waals surface area (Å²) in [6, 6.07) is 0. The van der Waals surface area contributed by atoms with Crippen molar-refractivity contribution < 1.29 is 14.7 Å². The Labute approximate surface area is 139 Å². The van der Waals surface area contributed by atoms with Gasteiger partial charge in [0.2, 0.25) is 11.8 Å². The minimum atomic E-state index is -0.245. The summed E-state index contributed by atoms with van der Waals surface area (Å²) in [4.78, 5) is 28.4. The van der Waals surface area contributed by atoms with E-state index in [-0.39, 0.29) is 23.3 Å². The fraction of sp³-hybridized carbons (Fsp3) is 0.889. The molecule has 0 aromatic heterocycles. The van der Waals surface area contributed by atoms with E-state index >= 15 is 0 Å². The molecular formula is C18H30N2O3. The summed E-state index contributed by atoms with van der Waals surface area (Å²) in [6.07, 6.45) is 9.00. The van der Waals surface area contributed by atoms with E-state index in [0.717, 1.165) is 64.5 Å². The van der Waals surface area contributed by atoms with E-state index in [1.165, 1.54) is 0 Å². The van der Waals surface area contributed by atoms with Crippen molar-refractivity contribution in [3.05, 3.63) is 0 Å². The second-order valence-electron chi connectivity index (χ2n) is 7.63. The number of aliphatic hydroxyl groups excluding tert-OH is 1. The zero-order valence-corrected chi connectivity index (χ0v) is 14.1. The summed E-state index contributed by atoms with van der Waals surface area (Å²) < 4.78 is 0. The summed E-state index contributed by atoms with van der Waals surface area (Å²) >= 11 is 0. The SMILES string of the molecule is O=C1CCCCCN1CCC(=O)N1CCC[C@@]2(CCC[C@H]2O)C1. The van der Waals surface area contributed by atoms with Crippen molar-refractivity contribution in [3.8, 4) is 0 Å². The van der Waals surface area contributed by atoms with Gasteiger partial charge in [-0.1, -0.05) is 12.8 Å². The first-order chi connectivity index (χ1) is 11.1. The summed E-state index contributed by atoms with van der Waals surface area (Å²) in [5.41, 5.74) is -0.0493. The molecule has 0 radical (unpaired) electrons. The van der Waals surface area contributed by atoms with E-state index in [1.54, 1.807) is 0 Å². The molecule has 1 N–H and O–H groups in total. The zero-order chi connectivity index (χ0) is 16.3. The van der Waals surface area contributed by atoms with E-state index in [0.29, 0.717) is 25.9 Å². The molecule has 2 aliphatic heterocycles. The lowest BCUT2D eigenvalue weighted by Gasteiger charge is -2.42. The number of nitrogens with zero attached hydrogens (tertiary/aromatic N) is 2. The van der Waals surface area contributed by atoms with Crippen LogP contribution in [0, 0.1) is 5.41 Å². The number of carbonyl (C=O) groups excluding carboxylic acids is 2. The van der Waals surface area contributed by atoms with Crippen LogP contribution in [-0.4, -0.2) is 59.0 Å². The summed E-state index contributed by atoms with van der Waals surface area (Å²) in [5.74, 6) is 0.358. The fourth-order valence-corrected chi connectivity index (χ4v) is 4.63. The average Bonchev–Trinajstić information content (AvgIpc) is 2.76. The Bertz CT molecular complexity index is 454. The molecule has 2 amide bonds. The maximum atomic E-state index is 12.6. The first kappa shape index (κ1) is 16.7. The van der Waals surface area contributed by atoms with Crippen LogP contribution in [0.2, 0.25) is 0 Å². The molecular weight excluding hydrogens is 292 g/mol. The Hall–Kier alpha value is -1.10. The van der Waals surface area contributed by atoms with Gasteiger partial charge in [0.25, 0.3) is 0 Å². The summed E-state index contributed by atoms with van der Waals surface area (Å²) in [5, 5.41) is 10.3. The third-order valence-electron chi connectivity index (χ3n) is 6.09. The molecule has 2 heterocycles. The van der Waals surface area contributed by atoms with Gasteiger partial charge in [0.05, 0.1) is 6.10 Å². The fourth-order valence-electron chi connectivity index (χ4n) is 4.63. The molecule has 0 aromatic rings. The first-order valence-electron chi connectivity index (χ1n) is 9.34. The van der Waals surface area contributed by atoms with Gasteiger partial charge in [-0.05, 0) is 38.5 Å². The Morgan fingerprint density at radius 3 is 2.74 bits per heavy atom. The number of hydrogen-bond acceptors (Lipinski definition) is 3. The lowest BCUT2D eigenvalue weighted by atomic mass is 9.76. The molecule has 2 saturated heterocycles. The maximum absolute atomic E-state index is 12.6. The molecule has 5 heteroatoms. The van der Waals surface area contributed by atoms with Gasteiger partial charge in [-0.25, -0.2) is 0 Å². The van der Waals surface area contributed by atoms with E-state index in [4.69, 9.17) is 0 Å². The van der Waals surface area contributed by atoms with E-state index in [9.17, 15) is 14.7 Å². The highest BCUT2D eigenvalue weighted by molar-refractivity contribution is 5.79. The van der Waals surface area contributed by atoms with Gasteiger partial charge in [-0.2, -0.15) is 0 Å². The molecule has 3 aliphatic rings. The smallest absolute Gasteiger partial charge is 0.224 e. The van der Waals surface area contributed by atoms with Gasteiger partial charge in [0.1, 0.15) is 0 Å². The predicted molar refractivity (Wildman–Crippen MR) is 87.8 cm³/mol. The van der Waals surface area contributed by atoms with Crippen LogP contribution in [0.25, 0.3) is 0 Å². The molecule has 3 rings (SSSR count). The molecule has 0 bridgehead atoms. The molecule has 1 aliphatic carbocycles. The van der Waals surface area contributed by atoms with E-state index in [1.807, 2.05) is 9.80 Å². The molecule has 1 saturated carbocycles. The minimum Gasteiger partial charge on any atom is -0.392 e. The standard InChI is InChI=1S/C18H30N2O3/c21-15-6-4-9-18(15)10-5-12-20(14-18)17(23)8-13-19-11-3-1-2-7-16(19)22/h15,21H,1-14H2/t15-,18+/m1/s1. The van der Waals surface area contributed by atoms with Crippen LogP contribution < -0.4 is 0 Å². The van der Waals surface area contributed by atoms with E-state index in [2.05, 4.69) is 0 Å². The van der Waals surface area contributed by atoms with E-state index < -0.39 is 0 Å². The highest BCUT2D eigenvalue weighted by Gasteiger charge is 2.45. The third kappa shape index (κ3) is 3.70. The van der Waals surface area contributed by atoms with Crippen LogP contribution in [0.15, 0.2) is 0 Å². The second-order valence-corrected chi connectivity index (χ2v) is 7.63. The van der Waals surface area contributed by atoms with Crippen LogP contribution in [-0.2, 0) is 9.59 Å². The Balaban J connectivity index is 1.52. The van der Waals surface area contributed by atoms with Gasteiger partial charge in [0.15, 0.2) is 0 Å². The van der Waals surface area contributed by atoms with Crippen molar-refractivity contribution in [2.24, 2.45) is 5.41 Å². The first-order valence-corrected chi connectivity index (χ1v) is 9.34. The van der Waals surface area contributed by atoms with Gasteiger partial charge in [0, 0.05) is 44.4 Å². The molecule has 2 atom stereocenters. The lowest BCUT2D eigenvalue weighted by Crippen LogP contribution is -2.50. The minimum absolute atomic E-state index is 0.0493. The average molecular weight is 322 g/mol. The molecule has 23 heavy (non-hydrogen) atoms. The zero-order valence-electron chi connectivity index (χ0n) is 14.1. The Kier molecular flexibility index (Phi) is 5.24. The van der Waals surface area contributed by atoms with Crippen molar-refractivity contribution in [1.29, 1.82) is 0 Å². The number of aliphatic hydroxyl groups is 1. The highest BCUT2D eigenvalue weighted by Crippen LogP contribution is 2.45. The summed E-state index contributed by atoms with van der Waals surface area (Å²) in [6.45, 7) is 2.88. The molecule has 130 valence electrons. The number of likely N-dealkylation sites (tertiary alicyclic amines) is 2. The normalized spacial score (nSPS) is 32.4. The predicted octanol–water partition coefficient (Wildman–Crippen LogP) is 1.93. The molecule has 0 aromatic carbocycles. The van der Waals surface area contributed by atoms with Gasteiger partial charge in [-0.3, -0.25) is 9.59 Å². The van der Waals surface area contributed by atoms with Crippen molar-refractivity contribution >= 4 is 11.8 Å². The molecule has 0 unspecified atom stereocenters.